The first kappa shape index (κ1) is 18.7. The third kappa shape index (κ3) is 3.97. The fourth-order valence-electron chi connectivity index (χ4n) is 2.88. The van der Waals surface area contributed by atoms with Gasteiger partial charge in [0, 0.05) is 21.5 Å². The van der Waals surface area contributed by atoms with Crippen molar-refractivity contribution >= 4 is 44.2 Å². The molecule has 7 nitrogen and oxygen atoms in total. The van der Waals surface area contributed by atoms with Gasteiger partial charge in [-0.25, -0.2) is 9.97 Å². The molecule has 4 aromatic rings. The van der Waals surface area contributed by atoms with Crippen molar-refractivity contribution in [3.63, 3.8) is 0 Å². The fourth-order valence-corrected chi connectivity index (χ4v) is 3.15. The van der Waals surface area contributed by atoms with E-state index in [-0.39, 0.29) is 17.4 Å². The summed E-state index contributed by atoms with van der Waals surface area (Å²) in [4.78, 5) is 31.8. The summed E-state index contributed by atoms with van der Waals surface area (Å²) in [6.45, 7) is 0. The zero-order valence-electron chi connectivity index (χ0n) is 14.9. The molecule has 142 valence electrons. The molecule has 29 heavy (non-hydrogen) atoms. The Bertz CT molecular complexity index is 1230. The molecule has 0 atom stereocenters. The quantitative estimate of drug-likeness (QED) is 0.340. The van der Waals surface area contributed by atoms with Crippen molar-refractivity contribution in [2.24, 2.45) is 0 Å². The minimum atomic E-state index is -0.542. The van der Waals surface area contributed by atoms with E-state index in [1.165, 1.54) is 12.1 Å². The van der Waals surface area contributed by atoms with Crippen molar-refractivity contribution in [3.8, 4) is 11.3 Å². The summed E-state index contributed by atoms with van der Waals surface area (Å²) in [6, 6.07) is 19.4. The molecule has 0 unspecified atom stereocenters. The summed E-state index contributed by atoms with van der Waals surface area (Å²) < 4.78 is 0.948. The number of rotatable bonds is 4. The van der Waals surface area contributed by atoms with Gasteiger partial charge >= 0.3 is 0 Å². The van der Waals surface area contributed by atoms with E-state index >= 15 is 0 Å². The summed E-state index contributed by atoms with van der Waals surface area (Å²) >= 11 is 3.41. The second-order valence-corrected chi connectivity index (χ2v) is 7.11. The lowest BCUT2D eigenvalue weighted by atomic mass is 10.0. The number of nitrogens with zero attached hydrogens (tertiary/aromatic N) is 3. The monoisotopic (exact) mass is 448 g/mol. The maximum absolute atomic E-state index is 13.0. The molecular formula is C21H13BrN4O3. The SMILES string of the molecule is O=C(Nc1ccc([N+](=O)[O-])cn1)c1cc(-c2ccc(Br)cc2)nc2ccccc12. The minimum Gasteiger partial charge on any atom is -0.307 e. The first-order chi connectivity index (χ1) is 14.0. The Morgan fingerprint density at radius 1 is 1.03 bits per heavy atom. The second-order valence-electron chi connectivity index (χ2n) is 6.19. The number of nitrogens with one attached hydrogen (secondary N) is 1. The van der Waals surface area contributed by atoms with Crippen LogP contribution in [0.4, 0.5) is 11.5 Å². The molecule has 0 spiro atoms. The van der Waals surface area contributed by atoms with Gasteiger partial charge in [-0.1, -0.05) is 46.3 Å². The predicted octanol–water partition coefficient (Wildman–Crippen LogP) is 5.22. The van der Waals surface area contributed by atoms with E-state index in [1.54, 1.807) is 6.07 Å². The Morgan fingerprint density at radius 3 is 2.48 bits per heavy atom. The van der Waals surface area contributed by atoms with Gasteiger partial charge in [0.2, 0.25) is 0 Å². The second kappa shape index (κ2) is 7.76. The van der Waals surface area contributed by atoms with Crippen LogP contribution in [0.15, 0.2) is 77.4 Å². The average Bonchev–Trinajstić information content (AvgIpc) is 2.74. The molecule has 0 radical (unpaired) electrons. The van der Waals surface area contributed by atoms with Crippen LogP contribution < -0.4 is 5.32 Å². The summed E-state index contributed by atoms with van der Waals surface area (Å²) in [5, 5.41) is 14.2. The van der Waals surface area contributed by atoms with Crippen LogP contribution in [-0.2, 0) is 0 Å². The zero-order chi connectivity index (χ0) is 20.4. The molecule has 2 aromatic heterocycles. The number of nitro groups is 1. The molecule has 0 saturated carbocycles. The summed E-state index contributed by atoms with van der Waals surface area (Å²) in [6.07, 6.45) is 1.10. The average molecular weight is 449 g/mol. The Balaban J connectivity index is 1.74. The number of anilines is 1. The molecule has 1 N–H and O–H groups in total. The van der Waals surface area contributed by atoms with Crippen molar-refractivity contribution in [1.82, 2.24) is 9.97 Å². The highest BCUT2D eigenvalue weighted by atomic mass is 79.9. The van der Waals surface area contributed by atoms with Crippen LogP contribution in [0.3, 0.4) is 0 Å². The number of pyridine rings is 2. The number of hydrogen-bond donors (Lipinski definition) is 1. The molecule has 2 aromatic carbocycles. The lowest BCUT2D eigenvalue weighted by molar-refractivity contribution is -0.385. The van der Waals surface area contributed by atoms with E-state index in [9.17, 15) is 14.9 Å². The molecule has 0 aliphatic carbocycles. The number of para-hydroxylation sites is 1. The van der Waals surface area contributed by atoms with E-state index < -0.39 is 4.92 Å². The van der Waals surface area contributed by atoms with Gasteiger partial charge in [0.1, 0.15) is 12.0 Å². The normalized spacial score (nSPS) is 10.7. The predicted molar refractivity (Wildman–Crippen MR) is 114 cm³/mol. The van der Waals surface area contributed by atoms with Crippen molar-refractivity contribution in [2.75, 3.05) is 5.32 Å². The minimum absolute atomic E-state index is 0.144. The van der Waals surface area contributed by atoms with Crippen LogP contribution in [-0.4, -0.2) is 20.8 Å². The molecule has 0 aliphatic rings. The summed E-state index contributed by atoms with van der Waals surface area (Å²) in [5.74, 6) is -0.144. The van der Waals surface area contributed by atoms with E-state index in [0.29, 0.717) is 22.2 Å². The van der Waals surface area contributed by atoms with Gasteiger partial charge in [0.25, 0.3) is 11.6 Å². The van der Waals surface area contributed by atoms with Gasteiger partial charge in [0.15, 0.2) is 0 Å². The number of carbonyl (C=O) groups excluding carboxylic acids is 1. The van der Waals surface area contributed by atoms with Crippen LogP contribution in [0, 0.1) is 10.1 Å². The van der Waals surface area contributed by atoms with E-state index in [2.05, 4.69) is 31.2 Å². The van der Waals surface area contributed by atoms with E-state index in [1.807, 2.05) is 48.5 Å². The molecule has 4 rings (SSSR count). The highest BCUT2D eigenvalue weighted by Gasteiger charge is 2.15. The van der Waals surface area contributed by atoms with E-state index in [4.69, 9.17) is 0 Å². The van der Waals surface area contributed by atoms with Gasteiger partial charge in [-0.2, -0.15) is 0 Å². The van der Waals surface area contributed by atoms with Crippen molar-refractivity contribution in [1.29, 1.82) is 0 Å². The van der Waals surface area contributed by atoms with Gasteiger partial charge in [-0.15, -0.1) is 0 Å². The largest absolute Gasteiger partial charge is 0.307 e. The number of aromatic nitrogens is 2. The Morgan fingerprint density at radius 2 is 1.79 bits per heavy atom. The number of halogens is 1. The van der Waals surface area contributed by atoms with Crippen LogP contribution in [0.25, 0.3) is 22.2 Å². The summed E-state index contributed by atoms with van der Waals surface area (Å²) in [7, 11) is 0. The standard InChI is InChI=1S/C21H13BrN4O3/c22-14-7-5-13(6-8-14)19-11-17(16-3-1-2-4-18(16)24-19)21(27)25-20-10-9-15(12-23-20)26(28)29/h1-12H,(H,23,25,27). The Kier molecular flexibility index (Phi) is 5.01. The van der Waals surface area contributed by atoms with Gasteiger partial charge < -0.3 is 5.32 Å². The Hall–Kier alpha value is -3.65. The number of fused-ring (bicyclic) bond motifs is 1. The highest BCUT2D eigenvalue weighted by Crippen LogP contribution is 2.26. The lowest BCUT2D eigenvalue weighted by Crippen LogP contribution is -2.14. The smallest absolute Gasteiger partial charge is 0.287 e. The van der Waals surface area contributed by atoms with Gasteiger partial charge in [-0.3, -0.25) is 14.9 Å². The zero-order valence-corrected chi connectivity index (χ0v) is 16.5. The van der Waals surface area contributed by atoms with Crippen molar-refractivity contribution < 1.29 is 9.72 Å². The Labute approximate surface area is 173 Å². The van der Waals surface area contributed by atoms with Crippen LogP contribution >= 0.6 is 15.9 Å². The molecular weight excluding hydrogens is 436 g/mol. The van der Waals surface area contributed by atoms with Gasteiger partial charge in [0.05, 0.1) is 21.7 Å². The molecule has 0 saturated heterocycles. The maximum atomic E-state index is 13.0. The topological polar surface area (TPSA) is 98.0 Å². The molecule has 0 bridgehead atoms. The van der Waals surface area contributed by atoms with Crippen LogP contribution in [0.2, 0.25) is 0 Å². The third-order valence-electron chi connectivity index (χ3n) is 4.30. The molecule has 1 amide bonds. The number of amides is 1. The maximum Gasteiger partial charge on any atom is 0.287 e. The lowest BCUT2D eigenvalue weighted by Gasteiger charge is -2.10. The first-order valence-corrected chi connectivity index (χ1v) is 9.38. The van der Waals surface area contributed by atoms with Crippen LogP contribution in [0.5, 0.6) is 0 Å². The van der Waals surface area contributed by atoms with Crippen LogP contribution in [0.1, 0.15) is 10.4 Å². The van der Waals surface area contributed by atoms with Crippen molar-refractivity contribution in [2.45, 2.75) is 0 Å². The van der Waals surface area contributed by atoms with Crippen molar-refractivity contribution in [3.05, 3.63) is 93.1 Å². The third-order valence-corrected chi connectivity index (χ3v) is 4.83. The van der Waals surface area contributed by atoms with Gasteiger partial charge in [-0.05, 0) is 30.3 Å². The fraction of sp³-hybridized carbons (Fsp3) is 0. The molecule has 0 fully saturated rings. The van der Waals surface area contributed by atoms with E-state index in [0.717, 1.165) is 16.2 Å². The molecule has 8 heteroatoms. The highest BCUT2D eigenvalue weighted by molar-refractivity contribution is 9.10. The number of benzene rings is 2. The number of hydrogen-bond acceptors (Lipinski definition) is 5. The molecule has 0 aliphatic heterocycles. The molecule has 2 heterocycles. The first-order valence-electron chi connectivity index (χ1n) is 8.59. The number of carbonyl (C=O) groups is 1. The summed E-state index contributed by atoms with van der Waals surface area (Å²) in [5.41, 5.74) is 2.53.